The molecule has 5 rings (SSSR count). The van der Waals surface area contributed by atoms with Gasteiger partial charge in [-0.2, -0.15) is 0 Å². The Morgan fingerprint density at radius 3 is 1.59 bits per heavy atom. The van der Waals surface area contributed by atoms with E-state index in [9.17, 15) is 4.57 Å². The molecule has 1 heterocycles. The summed E-state index contributed by atoms with van der Waals surface area (Å²) in [7, 11) is -2.66. The minimum atomic E-state index is -2.66. The number of hydrogen-bond acceptors (Lipinski definition) is 3. The Labute approximate surface area is 162 Å². The van der Waals surface area contributed by atoms with Crippen LogP contribution in [0.3, 0.4) is 0 Å². The lowest BCUT2D eigenvalue weighted by Crippen LogP contribution is -2.28. The molecule has 2 aromatic rings. The normalized spacial score (nSPS) is 22.9. The number of aryl methyl sites for hydroxylation is 2. The maximum absolute atomic E-state index is 12.7. The Morgan fingerprint density at radius 1 is 0.778 bits per heavy atom. The minimum Gasteiger partial charge on any atom is -0.418 e. The molecule has 3 aliphatic rings. The van der Waals surface area contributed by atoms with Crippen molar-refractivity contribution in [2.45, 2.75) is 70.6 Å². The Kier molecular flexibility index (Phi) is 3.22. The van der Waals surface area contributed by atoms with Gasteiger partial charge in [-0.25, -0.2) is 4.57 Å². The SMILES string of the molecule is Cc1cc2c3c(c1)C(C)(C)CC31CC(C)(C)c3cc(C)cc(c31)O[PH](=O)O2. The highest BCUT2D eigenvalue weighted by molar-refractivity contribution is 7.34. The zero-order valence-electron chi connectivity index (χ0n) is 16.9. The lowest BCUT2D eigenvalue weighted by molar-refractivity contribution is 0.333. The van der Waals surface area contributed by atoms with Crippen LogP contribution in [0.4, 0.5) is 0 Å². The van der Waals surface area contributed by atoms with E-state index in [4.69, 9.17) is 9.05 Å². The maximum atomic E-state index is 12.7. The number of benzene rings is 2. The summed E-state index contributed by atoms with van der Waals surface area (Å²) in [5.74, 6) is 1.52. The van der Waals surface area contributed by atoms with Crippen LogP contribution in [0, 0.1) is 13.8 Å². The van der Waals surface area contributed by atoms with Crippen LogP contribution in [-0.4, -0.2) is 0 Å². The van der Waals surface area contributed by atoms with E-state index in [1.165, 1.54) is 22.3 Å². The molecular weight excluding hydrogens is 355 g/mol. The summed E-state index contributed by atoms with van der Waals surface area (Å²) in [5, 5.41) is 0. The predicted molar refractivity (Wildman–Crippen MR) is 109 cm³/mol. The van der Waals surface area contributed by atoms with Crippen LogP contribution in [0.15, 0.2) is 24.3 Å². The van der Waals surface area contributed by atoms with Gasteiger partial charge in [-0.05, 0) is 71.9 Å². The van der Waals surface area contributed by atoms with Crippen molar-refractivity contribution in [1.29, 1.82) is 0 Å². The average Bonchev–Trinajstić information content (AvgIpc) is 2.85. The number of hydrogen-bond donors (Lipinski definition) is 0. The van der Waals surface area contributed by atoms with Gasteiger partial charge < -0.3 is 9.05 Å². The van der Waals surface area contributed by atoms with Crippen LogP contribution < -0.4 is 9.05 Å². The molecule has 27 heavy (non-hydrogen) atoms. The van der Waals surface area contributed by atoms with E-state index in [-0.39, 0.29) is 16.2 Å². The molecule has 3 nitrogen and oxygen atoms in total. The Hall–Kier alpha value is -1.73. The van der Waals surface area contributed by atoms with Crippen molar-refractivity contribution in [3.05, 3.63) is 57.6 Å². The zero-order chi connectivity index (χ0) is 19.4. The molecule has 0 bridgehead atoms. The third-order valence-electron chi connectivity index (χ3n) is 6.78. The van der Waals surface area contributed by atoms with Crippen molar-refractivity contribution in [2.75, 3.05) is 0 Å². The fourth-order valence-electron chi connectivity index (χ4n) is 6.16. The van der Waals surface area contributed by atoms with Crippen molar-refractivity contribution in [1.82, 2.24) is 0 Å². The van der Waals surface area contributed by atoms with Crippen LogP contribution >= 0.6 is 8.25 Å². The van der Waals surface area contributed by atoms with Gasteiger partial charge in [-0.1, -0.05) is 39.8 Å². The van der Waals surface area contributed by atoms with E-state index < -0.39 is 8.25 Å². The third-order valence-corrected chi connectivity index (χ3v) is 7.56. The highest BCUT2D eigenvalue weighted by Crippen LogP contribution is 2.68. The summed E-state index contributed by atoms with van der Waals surface area (Å²) in [6.07, 6.45) is 2.04. The molecule has 2 aliphatic carbocycles. The summed E-state index contributed by atoms with van der Waals surface area (Å²) in [6.45, 7) is 13.5. The first-order valence-electron chi connectivity index (χ1n) is 9.74. The van der Waals surface area contributed by atoms with Crippen molar-refractivity contribution in [2.24, 2.45) is 0 Å². The Morgan fingerprint density at radius 2 is 1.19 bits per heavy atom. The van der Waals surface area contributed by atoms with Gasteiger partial charge in [-0.15, -0.1) is 0 Å². The summed E-state index contributed by atoms with van der Waals surface area (Å²) in [4.78, 5) is 0. The van der Waals surface area contributed by atoms with E-state index >= 15 is 0 Å². The molecule has 142 valence electrons. The van der Waals surface area contributed by atoms with Gasteiger partial charge in [-0.3, -0.25) is 0 Å². The van der Waals surface area contributed by atoms with Crippen LogP contribution in [0.25, 0.3) is 0 Å². The van der Waals surface area contributed by atoms with Crippen LogP contribution in [0.2, 0.25) is 0 Å². The van der Waals surface area contributed by atoms with E-state index in [0.29, 0.717) is 0 Å². The predicted octanol–water partition coefficient (Wildman–Crippen LogP) is 6.11. The Bertz CT molecular complexity index is 951. The van der Waals surface area contributed by atoms with Crippen LogP contribution in [-0.2, 0) is 20.8 Å². The molecule has 1 aliphatic heterocycles. The molecule has 0 saturated carbocycles. The maximum Gasteiger partial charge on any atom is 0.418 e. The van der Waals surface area contributed by atoms with E-state index in [2.05, 4.69) is 53.7 Å². The second-order valence-electron chi connectivity index (χ2n) is 10.0. The van der Waals surface area contributed by atoms with Crippen molar-refractivity contribution >= 4 is 8.25 Å². The molecule has 0 atom stereocenters. The zero-order valence-corrected chi connectivity index (χ0v) is 17.9. The van der Waals surface area contributed by atoms with Gasteiger partial charge in [0, 0.05) is 16.5 Å². The topological polar surface area (TPSA) is 35.5 Å². The molecule has 0 radical (unpaired) electrons. The van der Waals surface area contributed by atoms with Crippen molar-refractivity contribution in [3.8, 4) is 11.5 Å². The lowest BCUT2D eigenvalue weighted by atomic mass is 9.72. The van der Waals surface area contributed by atoms with E-state index in [1.54, 1.807) is 0 Å². The van der Waals surface area contributed by atoms with Crippen LogP contribution in [0.1, 0.15) is 73.9 Å². The molecular formula is C23H27O3P. The molecule has 0 amide bonds. The van der Waals surface area contributed by atoms with Crippen molar-refractivity contribution in [3.63, 3.8) is 0 Å². The first kappa shape index (κ1) is 17.4. The lowest BCUT2D eigenvalue weighted by Gasteiger charge is -2.33. The molecule has 0 fully saturated rings. The van der Waals surface area contributed by atoms with E-state index in [1.807, 2.05) is 12.1 Å². The average molecular weight is 382 g/mol. The molecule has 1 spiro atoms. The fraction of sp³-hybridized carbons (Fsp3) is 0.478. The monoisotopic (exact) mass is 382 g/mol. The third kappa shape index (κ3) is 2.18. The smallest absolute Gasteiger partial charge is 0.418 e. The van der Waals surface area contributed by atoms with Gasteiger partial charge in [0.2, 0.25) is 0 Å². The van der Waals surface area contributed by atoms with Gasteiger partial charge in [0.05, 0.1) is 0 Å². The largest absolute Gasteiger partial charge is 0.418 e. The fourth-order valence-corrected chi connectivity index (χ4v) is 6.89. The quantitative estimate of drug-likeness (QED) is 0.516. The van der Waals surface area contributed by atoms with Crippen LogP contribution in [0.5, 0.6) is 11.5 Å². The molecule has 0 unspecified atom stereocenters. The van der Waals surface area contributed by atoms with E-state index in [0.717, 1.165) is 35.5 Å². The summed E-state index contributed by atoms with van der Waals surface area (Å²) in [6, 6.07) is 8.68. The minimum absolute atomic E-state index is 0.0272. The molecule has 0 N–H and O–H groups in total. The number of rotatable bonds is 0. The first-order valence-corrected chi connectivity index (χ1v) is 11.0. The first-order chi connectivity index (χ1) is 12.5. The molecule has 2 aromatic carbocycles. The highest BCUT2D eigenvalue weighted by atomic mass is 31.1. The van der Waals surface area contributed by atoms with Crippen molar-refractivity contribution < 1.29 is 13.6 Å². The molecule has 0 aromatic heterocycles. The van der Waals surface area contributed by atoms with Gasteiger partial charge in [0.25, 0.3) is 0 Å². The summed E-state index contributed by atoms with van der Waals surface area (Å²) >= 11 is 0. The summed E-state index contributed by atoms with van der Waals surface area (Å²) in [5.41, 5.74) is 7.37. The van der Waals surface area contributed by atoms with Gasteiger partial charge >= 0.3 is 8.25 Å². The molecule has 4 heteroatoms. The second kappa shape index (κ2) is 5.00. The Balaban J connectivity index is 1.96. The molecule has 0 saturated heterocycles. The van der Waals surface area contributed by atoms with Gasteiger partial charge in [0.15, 0.2) is 0 Å². The standard InChI is InChI=1S/C23H27O3P/c1-13-7-15-19-17(9-13)25-27(24)26-18-10-14(2)8-16-20(18)23(19,11-21(15,3)4)12-22(16,5)6/h7-10,27H,11-12H2,1-6H3. The summed E-state index contributed by atoms with van der Waals surface area (Å²) < 4.78 is 24.6. The highest BCUT2D eigenvalue weighted by Gasteiger charge is 2.59. The second-order valence-corrected chi connectivity index (χ2v) is 10.9. The van der Waals surface area contributed by atoms with Gasteiger partial charge in [0.1, 0.15) is 11.5 Å².